The van der Waals surface area contributed by atoms with E-state index >= 15 is 0 Å². The molecule has 0 bridgehead atoms. The van der Waals surface area contributed by atoms with Crippen molar-refractivity contribution in [1.82, 2.24) is 5.32 Å². The second kappa shape index (κ2) is 4.94. The quantitative estimate of drug-likeness (QED) is 0.895. The van der Waals surface area contributed by atoms with E-state index in [9.17, 15) is 4.39 Å². The van der Waals surface area contributed by atoms with Crippen molar-refractivity contribution < 1.29 is 8.81 Å². The molecule has 2 rings (SSSR count). The Morgan fingerprint density at radius 2 is 1.89 bits per heavy atom. The Kier molecular flexibility index (Phi) is 3.53. The maximum Gasteiger partial charge on any atom is 0.123 e. The van der Waals surface area contributed by atoms with Gasteiger partial charge in [0, 0.05) is 5.56 Å². The largest absolute Gasteiger partial charge is 0.466 e. The molecule has 1 N–H and O–H groups in total. The van der Waals surface area contributed by atoms with Crippen LogP contribution < -0.4 is 5.32 Å². The second-order valence-electron chi connectivity index (χ2n) is 4.53. The number of halogens is 1. The number of aryl methyl sites for hydroxylation is 2. The SMILES string of the molecule is CNC(c1cccc(F)c1)c1c(C)oc(C)c1C. The highest BCUT2D eigenvalue weighted by Crippen LogP contribution is 2.31. The van der Waals surface area contributed by atoms with Gasteiger partial charge in [-0.2, -0.15) is 0 Å². The third kappa shape index (κ3) is 2.18. The molecule has 0 saturated heterocycles. The first kappa shape index (κ1) is 12.8. The third-order valence-corrected chi connectivity index (χ3v) is 3.38. The lowest BCUT2D eigenvalue weighted by Gasteiger charge is -2.17. The van der Waals surface area contributed by atoms with E-state index in [0.717, 1.165) is 28.2 Å². The number of furan rings is 1. The van der Waals surface area contributed by atoms with Crippen LogP contribution in [0, 0.1) is 26.6 Å². The fraction of sp³-hybridized carbons (Fsp3) is 0.333. The summed E-state index contributed by atoms with van der Waals surface area (Å²) < 4.78 is 19.0. The Bertz CT molecular complexity index is 560. The standard InChI is InChI=1S/C15H18FNO/c1-9-10(2)18-11(3)14(9)15(17-4)12-6-5-7-13(16)8-12/h5-8,15,17H,1-4H3. The first-order valence-electron chi connectivity index (χ1n) is 6.03. The number of rotatable bonds is 3. The first-order valence-corrected chi connectivity index (χ1v) is 6.03. The van der Waals surface area contributed by atoms with Crippen LogP contribution in [0.3, 0.4) is 0 Å². The molecule has 1 heterocycles. The predicted octanol–water partition coefficient (Wildman–Crippen LogP) is 3.65. The highest BCUT2D eigenvalue weighted by Gasteiger charge is 2.21. The van der Waals surface area contributed by atoms with Gasteiger partial charge < -0.3 is 9.73 Å². The molecule has 0 saturated carbocycles. The highest BCUT2D eigenvalue weighted by molar-refractivity contribution is 5.40. The van der Waals surface area contributed by atoms with Crippen molar-refractivity contribution in [3.8, 4) is 0 Å². The number of hydrogen-bond acceptors (Lipinski definition) is 2. The van der Waals surface area contributed by atoms with Gasteiger partial charge in [0.2, 0.25) is 0 Å². The fourth-order valence-corrected chi connectivity index (χ4v) is 2.40. The van der Waals surface area contributed by atoms with Crippen LogP contribution in [0.15, 0.2) is 28.7 Å². The van der Waals surface area contributed by atoms with Crippen molar-refractivity contribution in [3.05, 3.63) is 58.3 Å². The molecular weight excluding hydrogens is 229 g/mol. The Morgan fingerprint density at radius 3 is 2.39 bits per heavy atom. The molecule has 18 heavy (non-hydrogen) atoms. The van der Waals surface area contributed by atoms with Gasteiger partial charge in [-0.25, -0.2) is 4.39 Å². The molecule has 0 radical (unpaired) electrons. The molecule has 0 aliphatic carbocycles. The average molecular weight is 247 g/mol. The molecular formula is C15H18FNO. The van der Waals surface area contributed by atoms with Gasteiger partial charge in [0.1, 0.15) is 17.3 Å². The number of hydrogen-bond donors (Lipinski definition) is 1. The van der Waals surface area contributed by atoms with Gasteiger partial charge >= 0.3 is 0 Å². The highest BCUT2D eigenvalue weighted by atomic mass is 19.1. The number of nitrogens with one attached hydrogen (secondary N) is 1. The van der Waals surface area contributed by atoms with Crippen LogP contribution in [0.1, 0.15) is 34.3 Å². The van der Waals surface area contributed by atoms with Crippen LogP contribution in [0.5, 0.6) is 0 Å². The van der Waals surface area contributed by atoms with E-state index in [2.05, 4.69) is 5.32 Å². The van der Waals surface area contributed by atoms with Crippen LogP contribution in [-0.2, 0) is 0 Å². The second-order valence-corrected chi connectivity index (χ2v) is 4.53. The summed E-state index contributed by atoms with van der Waals surface area (Å²) in [7, 11) is 1.87. The summed E-state index contributed by atoms with van der Waals surface area (Å²) in [5, 5.41) is 3.23. The van der Waals surface area contributed by atoms with Crippen molar-refractivity contribution in [1.29, 1.82) is 0 Å². The monoisotopic (exact) mass is 247 g/mol. The maximum absolute atomic E-state index is 13.3. The molecule has 2 nitrogen and oxygen atoms in total. The summed E-state index contributed by atoms with van der Waals surface area (Å²) in [4.78, 5) is 0. The van der Waals surface area contributed by atoms with E-state index in [1.165, 1.54) is 6.07 Å². The zero-order chi connectivity index (χ0) is 13.3. The van der Waals surface area contributed by atoms with Gasteiger partial charge in [0.15, 0.2) is 0 Å². The minimum atomic E-state index is -0.219. The normalized spacial score (nSPS) is 12.7. The summed E-state index contributed by atoms with van der Waals surface area (Å²) in [5.74, 6) is 1.58. The van der Waals surface area contributed by atoms with E-state index in [4.69, 9.17) is 4.42 Å². The minimum Gasteiger partial charge on any atom is -0.466 e. The molecule has 3 heteroatoms. The van der Waals surface area contributed by atoms with Crippen LogP contribution in [0.4, 0.5) is 4.39 Å². The van der Waals surface area contributed by atoms with E-state index in [1.807, 2.05) is 33.9 Å². The summed E-state index contributed by atoms with van der Waals surface area (Å²) >= 11 is 0. The molecule has 96 valence electrons. The smallest absolute Gasteiger partial charge is 0.123 e. The van der Waals surface area contributed by atoms with E-state index < -0.39 is 0 Å². The fourth-order valence-electron chi connectivity index (χ4n) is 2.40. The summed E-state index contributed by atoms with van der Waals surface area (Å²) in [6.45, 7) is 5.92. The zero-order valence-corrected chi connectivity index (χ0v) is 11.2. The molecule has 0 fully saturated rings. The van der Waals surface area contributed by atoms with Crippen molar-refractivity contribution in [3.63, 3.8) is 0 Å². The van der Waals surface area contributed by atoms with Crippen LogP contribution in [0.25, 0.3) is 0 Å². The van der Waals surface area contributed by atoms with Gasteiger partial charge in [0.05, 0.1) is 6.04 Å². The first-order chi connectivity index (χ1) is 8.54. The molecule has 2 aromatic rings. The molecule has 1 unspecified atom stereocenters. The molecule has 0 aliphatic heterocycles. The van der Waals surface area contributed by atoms with Gasteiger partial charge in [-0.05, 0) is 51.1 Å². The molecule has 0 aliphatic rings. The summed E-state index contributed by atoms with van der Waals surface area (Å²) in [5.41, 5.74) is 3.13. The topological polar surface area (TPSA) is 25.2 Å². The van der Waals surface area contributed by atoms with Gasteiger partial charge in [-0.15, -0.1) is 0 Å². The van der Waals surface area contributed by atoms with Crippen LogP contribution in [0.2, 0.25) is 0 Å². The predicted molar refractivity (Wildman–Crippen MR) is 70.2 cm³/mol. The van der Waals surface area contributed by atoms with Crippen molar-refractivity contribution >= 4 is 0 Å². The lowest BCUT2D eigenvalue weighted by Crippen LogP contribution is -2.19. The molecule has 1 aromatic heterocycles. The summed E-state index contributed by atoms with van der Waals surface area (Å²) in [6.07, 6.45) is 0. The maximum atomic E-state index is 13.3. The Morgan fingerprint density at radius 1 is 1.17 bits per heavy atom. The van der Waals surface area contributed by atoms with Crippen molar-refractivity contribution in [2.45, 2.75) is 26.8 Å². The summed E-state index contributed by atoms with van der Waals surface area (Å²) in [6, 6.07) is 6.62. The van der Waals surface area contributed by atoms with E-state index in [1.54, 1.807) is 12.1 Å². The van der Waals surface area contributed by atoms with Crippen molar-refractivity contribution in [2.24, 2.45) is 0 Å². The minimum absolute atomic E-state index is 0.0434. The van der Waals surface area contributed by atoms with E-state index in [-0.39, 0.29) is 11.9 Å². The Hall–Kier alpha value is -1.61. The molecule has 1 aromatic carbocycles. The zero-order valence-electron chi connectivity index (χ0n) is 11.2. The van der Waals surface area contributed by atoms with E-state index in [0.29, 0.717) is 0 Å². The van der Waals surface area contributed by atoms with Gasteiger partial charge in [-0.1, -0.05) is 12.1 Å². The average Bonchev–Trinajstić information content (AvgIpc) is 2.57. The third-order valence-electron chi connectivity index (χ3n) is 3.38. The molecule has 1 atom stereocenters. The lowest BCUT2D eigenvalue weighted by molar-refractivity contribution is 0.495. The Labute approximate surface area is 107 Å². The Balaban J connectivity index is 2.52. The van der Waals surface area contributed by atoms with Gasteiger partial charge in [-0.3, -0.25) is 0 Å². The number of benzene rings is 1. The molecule has 0 amide bonds. The van der Waals surface area contributed by atoms with Crippen LogP contribution >= 0.6 is 0 Å². The van der Waals surface area contributed by atoms with Crippen LogP contribution in [-0.4, -0.2) is 7.05 Å². The lowest BCUT2D eigenvalue weighted by atomic mass is 9.95. The molecule has 0 spiro atoms. The van der Waals surface area contributed by atoms with Crippen molar-refractivity contribution in [2.75, 3.05) is 7.05 Å². The van der Waals surface area contributed by atoms with Gasteiger partial charge in [0.25, 0.3) is 0 Å².